The van der Waals surface area contributed by atoms with Crippen LogP contribution in [0.1, 0.15) is 75.1 Å². The van der Waals surface area contributed by atoms with Gasteiger partial charge in [-0.15, -0.1) is 0 Å². The molecule has 5 rings (SSSR count). The Morgan fingerprint density at radius 2 is 1.85 bits per heavy atom. The van der Waals surface area contributed by atoms with Crippen molar-refractivity contribution in [2.75, 3.05) is 42.7 Å². The number of anilines is 4. The maximum atomic E-state index is 13.3. The number of aromatic nitrogens is 2. The van der Waals surface area contributed by atoms with Gasteiger partial charge in [-0.05, 0) is 50.3 Å². The van der Waals surface area contributed by atoms with Crippen molar-refractivity contribution in [3.8, 4) is 5.75 Å². The number of carbonyl (C=O) groups is 2. The Kier molecular flexibility index (Phi) is 8.20. The molecule has 39 heavy (non-hydrogen) atoms. The van der Waals surface area contributed by atoms with E-state index in [9.17, 15) is 9.59 Å². The molecule has 1 aromatic carbocycles. The number of carbonyl (C=O) groups excluding carboxylic acids is 2. The molecule has 2 amide bonds. The summed E-state index contributed by atoms with van der Waals surface area (Å²) in [4.78, 5) is 41.6. The van der Waals surface area contributed by atoms with E-state index in [0.717, 1.165) is 57.2 Å². The number of hydrogen-bond acceptors (Lipinski definition) is 8. The Labute approximate surface area is 230 Å². The van der Waals surface area contributed by atoms with Gasteiger partial charge in [-0.1, -0.05) is 32.6 Å². The zero-order valence-corrected chi connectivity index (χ0v) is 23.5. The van der Waals surface area contributed by atoms with E-state index in [-0.39, 0.29) is 36.7 Å². The van der Waals surface area contributed by atoms with E-state index in [1.165, 1.54) is 0 Å². The molecule has 1 aromatic heterocycles. The second kappa shape index (κ2) is 11.8. The summed E-state index contributed by atoms with van der Waals surface area (Å²) in [5, 5.41) is 3.14. The summed E-state index contributed by atoms with van der Waals surface area (Å²) in [6.45, 7) is 2.23. The predicted molar refractivity (Wildman–Crippen MR) is 151 cm³/mol. The van der Waals surface area contributed by atoms with Gasteiger partial charge in [0.15, 0.2) is 5.82 Å². The molecule has 0 bridgehead atoms. The quantitative estimate of drug-likeness (QED) is 0.471. The number of nitrogens with zero attached hydrogens (tertiary/aromatic N) is 5. The summed E-state index contributed by atoms with van der Waals surface area (Å²) in [5.41, 5.74) is 1.95. The first-order valence-corrected chi connectivity index (χ1v) is 14.1. The standard InChI is InChI=1S/C29H40N6O4/c1-5-22-28(37)33(2)24-17-30-29(32-26(24)35(22)21-12-8-9-13-21)34(18-38-3)23-15-14-19(16-25(23)39-4)27(36)31-20-10-6-7-11-20/h14-17,20-22H,5-13,18H2,1-4H3,(H,31,36)/t22-/m1/s1. The molecule has 0 radical (unpaired) electrons. The highest BCUT2D eigenvalue weighted by atomic mass is 16.5. The summed E-state index contributed by atoms with van der Waals surface area (Å²) in [5.74, 6) is 1.72. The zero-order valence-electron chi connectivity index (χ0n) is 23.5. The van der Waals surface area contributed by atoms with Gasteiger partial charge in [-0.3, -0.25) is 14.5 Å². The lowest BCUT2D eigenvalue weighted by Crippen LogP contribution is -2.55. The Hall–Kier alpha value is -3.40. The lowest BCUT2D eigenvalue weighted by Gasteiger charge is -2.43. The molecule has 1 N–H and O–H groups in total. The molecule has 1 aliphatic heterocycles. The lowest BCUT2D eigenvalue weighted by molar-refractivity contribution is -0.120. The van der Waals surface area contributed by atoms with Crippen LogP contribution in [0.15, 0.2) is 24.4 Å². The predicted octanol–water partition coefficient (Wildman–Crippen LogP) is 4.40. The summed E-state index contributed by atoms with van der Waals surface area (Å²) >= 11 is 0. The summed E-state index contributed by atoms with van der Waals surface area (Å²) in [6, 6.07) is 5.66. The van der Waals surface area contributed by atoms with Crippen LogP contribution < -0.4 is 24.8 Å². The van der Waals surface area contributed by atoms with Crippen molar-refractivity contribution in [3.63, 3.8) is 0 Å². The first kappa shape index (κ1) is 27.2. The van der Waals surface area contributed by atoms with Crippen LogP contribution in [0.5, 0.6) is 5.75 Å². The number of hydrogen-bond donors (Lipinski definition) is 1. The van der Waals surface area contributed by atoms with Crippen molar-refractivity contribution in [2.45, 2.75) is 82.8 Å². The summed E-state index contributed by atoms with van der Waals surface area (Å²) in [6.07, 6.45) is 11.2. The van der Waals surface area contributed by atoms with Crippen LogP contribution in [0, 0.1) is 0 Å². The molecule has 2 aromatic rings. The van der Waals surface area contributed by atoms with Crippen molar-refractivity contribution >= 4 is 35.0 Å². The molecule has 2 heterocycles. The number of rotatable bonds is 9. The third-order valence-corrected chi connectivity index (χ3v) is 8.32. The van der Waals surface area contributed by atoms with Crippen LogP contribution in [0.4, 0.5) is 23.1 Å². The fraction of sp³-hybridized carbons (Fsp3) is 0.586. The number of nitrogens with one attached hydrogen (secondary N) is 1. The van der Waals surface area contributed by atoms with Gasteiger partial charge in [0.1, 0.15) is 24.2 Å². The van der Waals surface area contributed by atoms with Gasteiger partial charge >= 0.3 is 0 Å². The number of methoxy groups -OCH3 is 2. The van der Waals surface area contributed by atoms with Crippen molar-refractivity contribution < 1.29 is 19.1 Å². The third kappa shape index (κ3) is 5.26. The van der Waals surface area contributed by atoms with Crippen molar-refractivity contribution in [1.29, 1.82) is 0 Å². The van der Waals surface area contributed by atoms with Crippen molar-refractivity contribution in [1.82, 2.24) is 15.3 Å². The molecule has 0 saturated heterocycles. The van der Waals surface area contributed by atoms with E-state index in [0.29, 0.717) is 35.1 Å². The first-order chi connectivity index (χ1) is 19.0. The fourth-order valence-corrected chi connectivity index (χ4v) is 6.25. The summed E-state index contributed by atoms with van der Waals surface area (Å²) in [7, 11) is 5.00. The van der Waals surface area contributed by atoms with E-state index < -0.39 is 0 Å². The topological polar surface area (TPSA) is 100 Å². The van der Waals surface area contributed by atoms with Gasteiger partial charge in [-0.25, -0.2) is 4.98 Å². The van der Waals surface area contributed by atoms with E-state index in [1.54, 1.807) is 44.5 Å². The Morgan fingerprint density at radius 3 is 2.51 bits per heavy atom. The second-order valence-corrected chi connectivity index (χ2v) is 10.7. The highest BCUT2D eigenvalue weighted by Crippen LogP contribution is 2.41. The normalized spacial score (nSPS) is 19.9. The smallest absolute Gasteiger partial charge is 0.251 e. The molecular weight excluding hydrogens is 496 g/mol. The molecule has 10 heteroatoms. The minimum Gasteiger partial charge on any atom is -0.495 e. The molecule has 2 fully saturated rings. The molecule has 210 valence electrons. The van der Waals surface area contributed by atoms with E-state index in [2.05, 4.69) is 22.1 Å². The van der Waals surface area contributed by atoms with E-state index >= 15 is 0 Å². The van der Waals surface area contributed by atoms with Crippen LogP contribution in [0.2, 0.25) is 0 Å². The van der Waals surface area contributed by atoms with Crippen LogP contribution in [-0.4, -0.2) is 67.9 Å². The minimum atomic E-state index is -0.253. The maximum Gasteiger partial charge on any atom is 0.251 e. The molecule has 10 nitrogen and oxygen atoms in total. The zero-order chi connectivity index (χ0) is 27.5. The van der Waals surface area contributed by atoms with Crippen LogP contribution >= 0.6 is 0 Å². The van der Waals surface area contributed by atoms with E-state index in [1.807, 2.05) is 11.0 Å². The Balaban J connectivity index is 1.51. The van der Waals surface area contributed by atoms with Crippen molar-refractivity contribution in [2.24, 2.45) is 0 Å². The molecule has 0 spiro atoms. The van der Waals surface area contributed by atoms with Gasteiger partial charge in [0, 0.05) is 31.8 Å². The average Bonchev–Trinajstić information content (AvgIpc) is 3.68. The maximum absolute atomic E-state index is 13.3. The fourth-order valence-electron chi connectivity index (χ4n) is 6.25. The summed E-state index contributed by atoms with van der Waals surface area (Å²) < 4.78 is 11.3. The van der Waals surface area contributed by atoms with E-state index in [4.69, 9.17) is 14.5 Å². The number of likely N-dealkylation sites (N-methyl/N-ethyl adjacent to an activating group) is 1. The van der Waals surface area contributed by atoms with Gasteiger partial charge in [0.25, 0.3) is 5.91 Å². The lowest BCUT2D eigenvalue weighted by atomic mass is 10.0. The Morgan fingerprint density at radius 1 is 1.13 bits per heavy atom. The van der Waals surface area contributed by atoms with Gasteiger partial charge in [0.2, 0.25) is 11.9 Å². The third-order valence-electron chi connectivity index (χ3n) is 8.32. The molecule has 2 aliphatic carbocycles. The SMILES string of the molecule is CC[C@@H]1C(=O)N(C)c2cnc(N(COC)c3ccc(C(=O)NC4CCCC4)cc3OC)nc2N1C1CCCC1. The highest BCUT2D eigenvalue weighted by molar-refractivity contribution is 6.04. The first-order valence-electron chi connectivity index (χ1n) is 14.1. The van der Waals surface area contributed by atoms with Gasteiger partial charge < -0.3 is 24.6 Å². The van der Waals surface area contributed by atoms with Crippen LogP contribution in [-0.2, 0) is 9.53 Å². The number of fused-ring (bicyclic) bond motifs is 1. The molecular formula is C29H40N6O4. The van der Waals surface area contributed by atoms with Gasteiger partial charge in [-0.2, -0.15) is 4.98 Å². The largest absolute Gasteiger partial charge is 0.495 e. The minimum absolute atomic E-state index is 0.0788. The van der Waals surface area contributed by atoms with Gasteiger partial charge in [0.05, 0.1) is 19.0 Å². The highest BCUT2D eigenvalue weighted by Gasteiger charge is 2.41. The number of ether oxygens (including phenoxy) is 2. The number of amides is 2. The van der Waals surface area contributed by atoms with Crippen molar-refractivity contribution in [3.05, 3.63) is 30.0 Å². The Bertz CT molecular complexity index is 1190. The second-order valence-electron chi connectivity index (χ2n) is 10.7. The number of benzene rings is 1. The molecule has 2 saturated carbocycles. The van der Waals surface area contributed by atoms with Crippen LogP contribution in [0.25, 0.3) is 0 Å². The molecule has 1 atom stereocenters. The molecule has 3 aliphatic rings. The molecule has 0 unspecified atom stereocenters. The average molecular weight is 537 g/mol. The van der Waals surface area contributed by atoms with Crippen LogP contribution in [0.3, 0.4) is 0 Å². The monoisotopic (exact) mass is 536 g/mol.